The van der Waals surface area contributed by atoms with Crippen LogP contribution < -0.4 is 5.32 Å². The fourth-order valence-corrected chi connectivity index (χ4v) is 3.10. The highest BCUT2D eigenvalue weighted by molar-refractivity contribution is 7.99. The van der Waals surface area contributed by atoms with Gasteiger partial charge in [-0.05, 0) is 42.3 Å². The van der Waals surface area contributed by atoms with Gasteiger partial charge in [0.15, 0.2) is 6.61 Å². The average Bonchev–Trinajstić information content (AvgIpc) is 2.62. The van der Waals surface area contributed by atoms with Crippen LogP contribution in [0.2, 0.25) is 5.02 Å². The van der Waals surface area contributed by atoms with Crippen LogP contribution >= 0.6 is 23.4 Å². The van der Waals surface area contributed by atoms with Crippen LogP contribution in [0.1, 0.15) is 18.9 Å². The lowest BCUT2D eigenvalue weighted by molar-refractivity contribution is -0.146. The van der Waals surface area contributed by atoms with Gasteiger partial charge < -0.3 is 10.1 Å². The van der Waals surface area contributed by atoms with Gasteiger partial charge in [0.1, 0.15) is 0 Å². The van der Waals surface area contributed by atoms with Crippen molar-refractivity contribution in [3.05, 3.63) is 59.1 Å². The molecule has 0 aliphatic carbocycles. The molecule has 0 heterocycles. The molecule has 132 valence electrons. The Balaban J connectivity index is 1.68. The second-order valence-corrected chi connectivity index (χ2v) is 6.88. The number of esters is 1. The lowest BCUT2D eigenvalue weighted by atomic mass is 10.1. The number of carbonyl (C=O) groups is 2. The zero-order chi connectivity index (χ0) is 18.1. The number of aryl methyl sites for hydroxylation is 1. The maximum absolute atomic E-state index is 11.9. The summed E-state index contributed by atoms with van der Waals surface area (Å²) in [5.41, 5.74) is 1.80. The van der Waals surface area contributed by atoms with Crippen LogP contribution in [0.5, 0.6) is 0 Å². The number of thioether (sulfide) groups is 1. The second-order valence-electron chi connectivity index (χ2n) is 5.27. The van der Waals surface area contributed by atoms with Gasteiger partial charge in [0.25, 0.3) is 5.91 Å². The molecule has 25 heavy (non-hydrogen) atoms. The molecule has 4 nitrogen and oxygen atoms in total. The standard InChI is InChI=1S/C19H20ClNO3S/c1-2-14-5-3-4-6-17(14)21-18(22)13-24-19(23)11-12-25-16-9-7-15(20)8-10-16/h3-10H,2,11-13H2,1H3,(H,21,22). The first-order valence-corrected chi connectivity index (χ1v) is 9.36. The van der Waals surface area contributed by atoms with E-state index in [1.165, 1.54) is 11.8 Å². The van der Waals surface area contributed by atoms with E-state index in [9.17, 15) is 9.59 Å². The predicted molar refractivity (Wildman–Crippen MR) is 102 cm³/mol. The zero-order valence-corrected chi connectivity index (χ0v) is 15.5. The SMILES string of the molecule is CCc1ccccc1NC(=O)COC(=O)CCSc1ccc(Cl)cc1. The van der Waals surface area contributed by atoms with E-state index in [0.29, 0.717) is 10.8 Å². The molecular formula is C19H20ClNO3S. The first kappa shape index (κ1) is 19.3. The zero-order valence-electron chi connectivity index (χ0n) is 14.0. The van der Waals surface area contributed by atoms with E-state index in [4.69, 9.17) is 16.3 Å². The van der Waals surface area contributed by atoms with Crippen LogP contribution in [0.3, 0.4) is 0 Å². The summed E-state index contributed by atoms with van der Waals surface area (Å²) in [5.74, 6) is -0.138. The first-order valence-electron chi connectivity index (χ1n) is 8.00. The van der Waals surface area contributed by atoms with Gasteiger partial charge in [0.05, 0.1) is 6.42 Å². The Bertz CT molecular complexity index is 719. The molecule has 0 aromatic heterocycles. The van der Waals surface area contributed by atoms with E-state index < -0.39 is 0 Å². The summed E-state index contributed by atoms with van der Waals surface area (Å²) in [6.45, 7) is 1.74. The van der Waals surface area contributed by atoms with Crippen LogP contribution in [-0.4, -0.2) is 24.2 Å². The third kappa shape index (κ3) is 6.80. The number of benzene rings is 2. The van der Waals surface area contributed by atoms with Crippen LogP contribution in [0.15, 0.2) is 53.4 Å². The fourth-order valence-electron chi connectivity index (χ4n) is 2.14. The van der Waals surface area contributed by atoms with Crippen LogP contribution in [0.4, 0.5) is 5.69 Å². The van der Waals surface area contributed by atoms with Crippen molar-refractivity contribution in [3.63, 3.8) is 0 Å². The summed E-state index contributed by atoms with van der Waals surface area (Å²) in [6, 6.07) is 15.0. The van der Waals surface area contributed by atoms with E-state index in [1.54, 1.807) is 12.1 Å². The molecule has 0 saturated heterocycles. The number of para-hydroxylation sites is 1. The Morgan fingerprint density at radius 3 is 2.56 bits per heavy atom. The van der Waals surface area contributed by atoms with Gasteiger partial charge >= 0.3 is 5.97 Å². The van der Waals surface area contributed by atoms with Crippen molar-refractivity contribution >= 4 is 40.9 Å². The monoisotopic (exact) mass is 377 g/mol. The van der Waals surface area contributed by atoms with Crippen LogP contribution in [0.25, 0.3) is 0 Å². The topological polar surface area (TPSA) is 55.4 Å². The molecule has 1 N–H and O–H groups in total. The summed E-state index contributed by atoms with van der Waals surface area (Å²) in [5, 5.41) is 3.45. The van der Waals surface area contributed by atoms with Crippen molar-refractivity contribution in [3.8, 4) is 0 Å². The first-order chi connectivity index (χ1) is 12.1. The number of nitrogens with one attached hydrogen (secondary N) is 1. The lowest BCUT2D eigenvalue weighted by Gasteiger charge is -2.10. The molecule has 0 radical (unpaired) electrons. The lowest BCUT2D eigenvalue weighted by Crippen LogP contribution is -2.21. The molecule has 0 unspecified atom stereocenters. The summed E-state index contributed by atoms with van der Waals surface area (Å²) in [6.07, 6.45) is 1.06. The Morgan fingerprint density at radius 2 is 1.84 bits per heavy atom. The summed E-state index contributed by atoms with van der Waals surface area (Å²) in [4.78, 5) is 24.7. The van der Waals surface area contributed by atoms with Crippen molar-refractivity contribution in [2.24, 2.45) is 0 Å². The van der Waals surface area contributed by atoms with Crippen molar-refractivity contribution in [1.82, 2.24) is 0 Å². The largest absolute Gasteiger partial charge is 0.456 e. The van der Waals surface area contributed by atoms with E-state index in [2.05, 4.69) is 5.32 Å². The number of halogens is 1. The van der Waals surface area contributed by atoms with Crippen molar-refractivity contribution < 1.29 is 14.3 Å². The Morgan fingerprint density at radius 1 is 1.12 bits per heavy atom. The number of rotatable bonds is 8. The highest BCUT2D eigenvalue weighted by atomic mass is 35.5. The van der Waals surface area contributed by atoms with Crippen molar-refractivity contribution in [2.75, 3.05) is 17.7 Å². The summed E-state index contributed by atoms with van der Waals surface area (Å²) >= 11 is 7.36. The molecule has 2 aromatic carbocycles. The molecule has 0 aliphatic heterocycles. The number of ether oxygens (including phenoxy) is 1. The average molecular weight is 378 g/mol. The molecule has 0 saturated carbocycles. The summed E-state index contributed by atoms with van der Waals surface area (Å²) < 4.78 is 5.02. The molecule has 0 fully saturated rings. The highest BCUT2D eigenvalue weighted by Crippen LogP contribution is 2.21. The van der Waals surface area contributed by atoms with Crippen LogP contribution in [0, 0.1) is 0 Å². The van der Waals surface area contributed by atoms with Crippen molar-refractivity contribution in [2.45, 2.75) is 24.7 Å². The Labute approximate surface area is 156 Å². The van der Waals surface area contributed by atoms with Gasteiger partial charge in [-0.15, -0.1) is 11.8 Å². The molecule has 0 bridgehead atoms. The number of anilines is 1. The van der Waals surface area contributed by atoms with Crippen LogP contribution in [-0.2, 0) is 20.7 Å². The number of carbonyl (C=O) groups excluding carboxylic acids is 2. The van der Waals surface area contributed by atoms with Gasteiger partial charge in [-0.25, -0.2) is 0 Å². The Hall–Kier alpha value is -1.98. The number of hydrogen-bond donors (Lipinski definition) is 1. The quantitative estimate of drug-likeness (QED) is 0.541. The maximum atomic E-state index is 11.9. The second kappa shape index (κ2) is 10.1. The Kier molecular flexibility index (Phi) is 7.82. The molecule has 0 spiro atoms. The maximum Gasteiger partial charge on any atom is 0.307 e. The van der Waals surface area contributed by atoms with Gasteiger partial charge in [0, 0.05) is 21.4 Å². The van der Waals surface area contributed by atoms with E-state index in [-0.39, 0.29) is 24.9 Å². The third-order valence-electron chi connectivity index (χ3n) is 3.43. The van der Waals surface area contributed by atoms with Gasteiger partial charge in [-0.3, -0.25) is 9.59 Å². The minimum Gasteiger partial charge on any atom is -0.456 e. The molecule has 2 aromatic rings. The van der Waals surface area contributed by atoms with Gasteiger partial charge in [0.2, 0.25) is 0 Å². The van der Waals surface area contributed by atoms with E-state index in [1.807, 2.05) is 43.3 Å². The number of hydrogen-bond acceptors (Lipinski definition) is 4. The third-order valence-corrected chi connectivity index (χ3v) is 4.69. The summed E-state index contributed by atoms with van der Waals surface area (Å²) in [7, 11) is 0. The fraction of sp³-hybridized carbons (Fsp3) is 0.263. The van der Waals surface area contributed by atoms with Crippen molar-refractivity contribution in [1.29, 1.82) is 0 Å². The normalized spacial score (nSPS) is 10.3. The number of amides is 1. The van der Waals surface area contributed by atoms with E-state index in [0.717, 1.165) is 22.6 Å². The molecule has 0 atom stereocenters. The minimum absolute atomic E-state index is 0.242. The highest BCUT2D eigenvalue weighted by Gasteiger charge is 2.09. The molecular weight excluding hydrogens is 358 g/mol. The molecule has 1 amide bonds. The molecule has 6 heteroatoms. The molecule has 0 aliphatic rings. The van der Waals surface area contributed by atoms with Gasteiger partial charge in [-0.2, -0.15) is 0 Å². The smallest absolute Gasteiger partial charge is 0.307 e. The minimum atomic E-state index is -0.389. The molecule has 2 rings (SSSR count). The predicted octanol–water partition coefficient (Wildman–Crippen LogP) is 4.57. The van der Waals surface area contributed by atoms with Gasteiger partial charge in [-0.1, -0.05) is 36.7 Å². The van der Waals surface area contributed by atoms with E-state index >= 15 is 0 Å².